The monoisotopic (exact) mass is 244 g/mol. The summed E-state index contributed by atoms with van der Waals surface area (Å²) in [5.74, 6) is -1.04. The Labute approximate surface area is 103 Å². The molecule has 0 heterocycles. The van der Waals surface area contributed by atoms with E-state index in [0.717, 1.165) is 25.7 Å². The molecule has 0 aromatic heterocycles. The Morgan fingerprint density at radius 3 is 2.24 bits per heavy atom. The zero-order valence-electron chi connectivity index (χ0n) is 10.8. The van der Waals surface area contributed by atoms with Gasteiger partial charge in [0, 0.05) is 12.5 Å². The van der Waals surface area contributed by atoms with Crippen LogP contribution in [0.5, 0.6) is 0 Å². The molecule has 5 nitrogen and oxygen atoms in total. The number of hydrogen-bond donors (Lipinski definition) is 2. The molecule has 0 unspecified atom stereocenters. The predicted octanol–water partition coefficient (Wildman–Crippen LogP) is 1.22. The second kappa shape index (κ2) is 8.98. The van der Waals surface area contributed by atoms with Crippen molar-refractivity contribution in [3.8, 4) is 0 Å². The molecular weight excluding hydrogens is 220 g/mol. The van der Waals surface area contributed by atoms with Crippen LogP contribution in [0.2, 0.25) is 0 Å². The number of amides is 1. The second-order valence-corrected chi connectivity index (χ2v) is 4.46. The summed E-state index contributed by atoms with van der Waals surface area (Å²) in [7, 11) is 0. The highest BCUT2D eigenvalue weighted by atomic mass is 16.4. The second-order valence-electron chi connectivity index (χ2n) is 4.46. The topological polar surface area (TPSA) is 83.6 Å². The van der Waals surface area contributed by atoms with E-state index in [9.17, 15) is 9.59 Å². The molecule has 0 atom stereocenters. The zero-order valence-corrected chi connectivity index (χ0v) is 10.8. The summed E-state index contributed by atoms with van der Waals surface area (Å²) in [5, 5.41) is 8.72. The van der Waals surface area contributed by atoms with Crippen LogP contribution in [0.15, 0.2) is 0 Å². The minimum atomic E-state index is -0.963. The first kappa shape index (κ1) is 15.9. The Morgan fingerprint density at radius 2 is 1.76 bits per heavy atom. The highest BCUT2D eigenvalue weighted by molar-refractivity contribution is 5.81. The van der Waals surface area contributed by atoms with E-state index in [1.54, 1.807) is 0 Å². The maximum absolute atomic E-state index is 11.8. The smallest absolute Gasteiger partial charge is 0.323 e. The van der Waals surface area contributed by atoms with Crippen LogP contribution in [0.4, 0.5) is 0 Å². The first-order chi connectivity index (χ1) is 7.99. The van der Waals surface area contributed by atoms with Crippen molar-refractivity contribution in [1.29, 1.82) is 0 Å². The molecule has 100 valence electrons. The van der Waals surface area contributed by atoms with E-state index in [1.165, 1.54) is 4.90 Å². The lowest BCUT2D eigenvalue weighted by Crippen LogP contribution is -2.40. The van der Waals surface area contributed by atoms with Gasteiger partial charge in [-0.1, -0.05) is 12.8 Å². The molecule has 0 saturated heterocycles. The van der Waals surface area contributed by atoms with E-state index in [1.807, 2.05) is 13.8 Å². The summed E-state index contributed by atoms with van der Waals surface area (Å²) >= 11 is 0. The average Bonchev–Trinajstić information content (AvgIpc) is 2.24. The minimum absolute atomic E-state index is 0.0670. The fourth-order valence-corrected chi connectivity index (χ4v) is 1.62. The maximum Gasteiger partial charge on any atom is 0.323 e. The molecule has 0 saturated carbocycles. The lowest BCUT2D eigenvalue weighted by atomic mass is 10.1. The van der Waals surface area contributed by atoms with Gasteiger partial charge in [0.2, 0.25) is 5.91 Å². The molecule has 0 radical (unpaired) electrons. The number of carbonyl (C=O) groups excluding carboxylic acids is 1. The number of nitrogens with zero attached hydrogens (tertiary/aromatic N) is 1. The van der Waals surface area contributed by atoms with Gasteiger partial charge in [-0.3, -0.25) is 9.59 Å². The van der Waals surface area contributed by atoms with Crippen LogP contribution < -0.4 is 5.73 Å². The van der Waals surface area contributed by atoms with Crippen LogP contribution in [-0.4, -0.2) is 41.0 Å². The quantitative estimate of drug-likeness (QED) is 0.597. The van der Waals surface area contributed by atoms with Crippen LogP contribution in [0.25, 0.3) is 0 Å². The molecule has 0 fully saturated rings. The fraction of sp³-hybridized carbons (Fsp3) is 0.833. The molecule has 0 rings (SSSR count). The highest BCUT2D eigenvalue weighted by Gasteiger charge is 2.18. The fourth-order valence-electron chi connectivity index (χ4n) is 1.62. The van der Waals surface area contributed by atoms with Gasteiger partial charge >= 0.3 is 5.97 Å². The van der Waals surface area contributed by atoms with Crippen LogP contribution >= 0.6 is 0 Å². The molecule has 0 aromatic rings. The molecule has 0 aliphatic heterocycles. The van der Waals surface area contributed by atoms with Gasteiger partial charge < -0.3 is 15.7 Å². The zero-order chi connectivity index (χ0) is 13.3. The standard InChI is InChI=1S/C12H24N2O3/c1-10(2)14(9-12(16)17)11(15)7-5-3-4-6-8-13/h10H,3-9,13H2,1-2H3,(H,16,17). The Balaban J connectivity index is 3.94. The third-order valence-corrected chi connectivity index (χ3v) is 2.59. The number of unbranched alkanes of at least 4 members (excludes halogenated alkanes) is 3. The number of rotatable bonds is 9. The average molecular weight is 244 g/mol. The summed E-state index contributed by atoms with van der Waals surface area (Å²) in [6.07, 6.45) is 4.22. The maximum atomic E-state index is 11.8. The van der Waals surface area contributed by atoms with Crippen molar-refractivity contribution in [2.24, 2.45) is 5.73 Å². The van der Waals surface area contributed by atoms with Crippen LogP contribution in [0.3, 0.4) is 0 Å². The number of carboxylic acids is 1. The molecule has 0 spiro atoms. The van der Waals surface area contributed by atoms with Gasteiger partial charge in [-0.15, -0.1) is 0 Å². The van der Waals surface area contributed by atoms with Gasteiger partial charge in [-0.2, -0.15) is 0 Å². The summed E-state index contributed by atoms with van der Waals surface area (Å²) < 4.78 is 0. The van der Waals surface area contributed by atoms with Gasteiger partial charge in [0.15, 0.2) is 0 Å². The van der Waals surface area contributed by atoms with Gasteiger partial charge in [0.25, 0.3) is 0 Å². The summed E-state index contributed by atoms with van der Waals surface area (Å²) in [6, 6.07) is -0.0670. The van der Waals surface area contributed by atoms with Crippen molar-refractivity contribution in [1.82, 2.24) is 4.90 Å². The first-order valence-electron chi connectivity index (χ1n) is 6.20. The van der Waals surface area contributed by atoms with E-state index in [2.05, 4.69) is 0 Å². The number of carboxylic acid groups (broad SMARTS) is 1. The van der Waals surface area contributed by atoms with Crippen molar-refractivity contribution in [2.75, 3.05) is 13.1 Å². The predicted molar refractivity (Wildman–Crippen MR) is 66.6 cm³/mol. The van der Waals surface area contributed by atoms with Gasteiger partial charge in [0.1, 0.15) is 6.54 Å². The lowest BCUT2D eigenvalue weighted by molar-refractivity contribution is -0.145. The van der Waals surface area contributed by atoms with E-state index >= 15 is 0 Å². The minimum Gasteiger partial charge on any atom is -0.480 e. The Morgan fingerprint density at radius 1 is 1.18 bits per heavy atom. The highest BCUT2D eigenvalue weighted by Crippen LogP contribution is 2.07. The van der Waals surface area contributed by atoms with Crippen LogP contribution in [0.1, 0.15) is 46.0 Å². The number of carbonyl (C=O) groups is 2. The third-order valence-electron chi connectivity index (χ3n) is 2.59. The Bertz CT molecular complexity index is 242. The summed E-state index contributed by atoms with van der Waals surface area (Å²) in [5.41, 5.74) is 5.37. The van der Waals surface area contributed by atoms with Crippen molar-refractivity contribution < 1.29 is 14.7 Å². The molecule has 0 bridgehead atoms. The largest absolute Gasteiger partial charge is 0.480 e. The first-order valence-corrected chi connectivity index (χ1v) is 6.20. The van der Waals surface area contributed by atoms with E-state index < -0.39 is 5.97 Å². The Kier molecular flexibility index (Phi) is 8.40. The normalized spacial score (nSPS) is 10.6. The van der Waals surface area contributed by atoms with Crippen LogP contribution in [-0.2, 0) is 9.59 Å². The van der Waals surface area contributed by atoms with Gasteiger partial charge in [-0.05, 0) is 33.2 Å². The van der Waals surface area contributed by atoms with Gasteiger partial charge in [-0.25, -0.2) is 0 Å². The van der Waals surface area contributed by atoms with Gasteiger partial charge in [0.05, 0.1) is 0 Å². The molecule has 0 aliphatic rings. The molecular formula is C12H24N2O3. The van der Waals surface area contributed by atoms with E-state index in [0.29, 0.717) is 13.0 Å². The van der Waals surface area contributed by atoms with Crippen molar-refractivity contribution in [3.63, 3.8) is 0 Å². The Hall–Kier alpha value is -1.10. The van der Waals surface area contributed by atoms with Crippen LogP contribution in [0, 0.1) is 0 Å². The molecule has 0 aliphatic carbocycles. The van der Waals surface area contributed by atoms with Crippen molar-refractivity contribution in [2.45, 2.75) is 52.0 Å². The molecule has 3 N–H and O–H groups in total. The van der Waals surface area contributed by atoms with Crippen molar-refractivity contribution in [3.05, 3.63) is 0 Å². The number of aliphatic carboxylic acids is 1. The summed E-state index contributed by atoms with van der Waals surface area (Å²) in [4.78, 5) is 23.8. The number of nitrogens with two attached hydrogens (primary N) is 1. The number of hydrogen-bond acceptors (Lipinski definition) is 3. The SMILES string of the molecule is CC(C)N(CC(=O)O)C(=O)CCCCCCN. The molecule has 1 amide bonds. The van der Waals surface area contributed by atoms with Crippen molar-refractivity contribution >= 4 is 11.9 Å². The summed E-state index contributed by atoms with van der Waals surface area (Å²) in [6.45, 7) is 4.13. The van der Waals surface area contributed by atoms with E-state index in [-0.39, 0.29) is 18.5 Å². The molecule has 17 heavy (non-hydrogen) atoms. The molecule has 5 heteroatoms. The lowest BCUT2D eigenvalue weighted by Gasteiger charge is -2.24. The molecule has 0 aromatic carbocycles. The van der Waals surface area contributed by atoms with E-state index in [4.69, 9.17) is 10.8 Å². The third kappa shape index (κ3) is 7.74.